The van der Waals surface area contributed by atoms with E-state index in [-0.39, 0.29) is 52.4 Å². The number of halogens is 2. The molecule has 0 amide bonds. The minimum atomic E-state index is -1.08. The van der Waals surface area contributed by atoms with Crippen LogP contribution in [0.5, 0.6) is 0 Å². The number of nitrogens with one attached hydrogen (secondary N) is 2. The summed E-state index contributed by atoms with van der Waals surface area (Å²) in [6.45, 7) is 7.02. The van der Waals surface area contributed by atoms with E-state index in [1.54, 1.807) is 77.0 Å². The highest BCUT2D eigenvalue weighted by atomic mass is 35.5. The van der Waals surface area contributed by atoms with E-state index in [9.17, 15) is 19.2 Å². The number of Topliss-reactive ketones (excluding diaryl/α,β-unsaturated/α-hetero) is 4. The van der Waals surface area contributed by atoms with Crippen molar-refractivity contribution in [3.63, 3.8) is 0 Å². The molecule has 4 heterocycles. The molecular formula is C42H56Cl2N4O11. The molecule has 324 valence electrons. The first-order valence-electron chi connectivity index (χ1n) is 19.1. The topological polar surface area (TPSA) is 230 Å². The molecule has 17 heteroatoms. The van der Waals surface area contributed by atoms with Gasteiger partial charge in [-0.1, -0.05) is 23.2 Å². The fourth-order valence-electron chi connectivity index (χ4n) is 10.5. The molecule has 2 aromatic rings. The van der Waals surface area contributed by atoms with Crippen molar-refractivity contribution in [1.82, 2.24) is 20.4 Å². The number of hydrogen-bond acceptors (Lipinski definition) is 12. The van der Waals surface area contributed by atoms with Gasteiger partial charge in [0.15, 0.2) is 23.1 Å². The third kappa shape index (κ3) is 7.27. The van der Waals surface area contributed by atoms with Crippen LogP contribution in [0.3, 0.4) is 0 Å². The Morgan fingerprint density at radius 3 is 1.24 bits per heavy atom. The van der Waals surface area contributed by atoms with Crippen LogP contribution in [-0.4, -0.2) is 127 Å². The number of hydrogen-bond donors (Lipinski definition) is 2. The first kappa shape index (κ1) is 47.8. The summed E-state index contributed by atoms with van der Waals surface area (Å²) < 4.78 is 23.9. The lowest BCUT2D eigenvalue weighted by molar-refractivity contribution is -0.309. The lowest BCUT2D eigenvalue weighted by Gasteiger charge is -2.63. The zero-order chi connectivity index (χ0) is 40.2. The third-order valence-corrected chi connectivity index (χ3v) is 13.4. The van der Waals surface area contributed by atoms with Crippen LogP contribution in [0.15, 0.2) is 71.3 Å². The van der Waals surface area contributed by atoms with Crippen molar-refractivity contribution in [3.05, 3.63) is 92.5 Å². The Hall–Kier alpha value is -3.90. The van der Waals surface area contributed by atoms with Crippen molar-refractivity contribution in [1.29, 1.82) is 0 Å². The molecule has 59 heavy (non-hydrogen) atoms. The molecular weight excluding hydrogens is 807 g/mol. The van der Waals surface area contributed by atoms with Gasteiger partial charge in [0, 0.05) is 113 Å². The Kier molecular flexibility index (Phi) is 14.6. The molecule has 2 aromatic carbocycles. The molecule has 15 nitrogen and oxygen atoms in total. The van der Waals surface area contributed by atoms with Gasteiger partial charge < -0.3 is 55.8 Å². The predicted molar refractivity (Wildman–Crippen MR) is 221 cm³/mol. The van der Waals surface area contributed by atoms with Crippen LogP contribution in [-0.2, 0) is 28.5 Å². The summed E-state index contributed by atoms with van der Waals surface area (Å²) in [4.78, 5) is 56.9. The van der Waals surface area contributed by atoms with E-state index in [1.807, 2.05) is 13.8 Å². The van der Waals surface area contributed by atoms with Crippen molar-refractivity contribution in [2.45, 2.75) is 75.0 Å². The number of ketones is 4. The van der Waals surface area contributed by atoms with Gasteiger partial charge in [0.05, 0.1) is 22.9 Å². The van der Waals surface area contributed by atoms with Gasteiger partial charge in [-0.25, -0.2) is 0 Å². The maximum Gasteiger partial charge on any atom is 0.199 e. The Balaban J connectivity index is 0.000000248. The van der Waals surface area contributed by atoms with Crippen LogP contribution in [0.2, 0.25) is 10.0 Å². The number of rotatable bonds is 8. The smallest absolute Gasteiger partial charge is 0.199 e. The molecule has 0 aromatic heterocycles. The SMILES string of the molecule is COC1(OC)[C@@H]2CC(=O)C[C@@]1(C)N1CCCNC1=C2C(=O)c1ccc(Cl)cc1.COC1(OC)[C@@H]2CC(=O)C[C@@]1(C)N1CCCNC1=C2C(=O)c1ccc(Cl)cc1.O.O.O. The molecule has 4 atom stereocenters. The number of methoxy groups -OCH3 is 4. The lowest BCUT2D eigenvalue weighted by atomic mass is 9.63. The summed E-state index contributed by atoms with van der Waals surface area (Å²) >= 11 is 12.0. The Bertz CT molecular complexity index is 1840. The molecule has 0 spiro atoms. The van der Waals surface area contributed by atoms with Crippen LogP contribution in [0, 0.1) is 11.8 Å². The molecule has 2 aliphatic carbocycles. The number of nitrogens with zero attached hydrogens (tertiary/aromatic N) is 2. The zero-order valence-electron chi connectivity index (χ0n) is 34.3. The molecule has 2 saturated heterocycles. The number of ether oxygens (including phenoxy) is 4. The molecule has 6 aliphatic rings. The molecule has 4 fully saturated rings. The highest BCUT2D eigenvalue weighted by Gasteiger charge is 2.68. The summed E-state index contributed by atoms with van der Waals surface area (Å²) in [5.74, 6) is -1.58. The summed E-state index contributed by atoms with van der Waals surface area (Å²) in [7, 11) is 6.38. The average molecular weight is 864 g/mol. The number of benzene rings is 2. The summed E-state index contributed by atoms with van der Waals surface area (Å²) in [5, 5.41) is 7.98. The summed E-state index contributed by atoms with van der Waals surface area (Å²) in [5.41, 5.74) is 0.780. The zero-order valence-corrected chi connectivity index (χ0v) is 35.8. The average Bonchev–Trinajstić information content (AvgIpc) is 3.19. The van der Waals surface area contributed by atoms with Crippen LogP contribution >= 0.6 is 23.2 Å². The number of fused-ring (bicyclic) bond motifs is 8. The maximum absolute atomic E-state index is 13.6. The Morgan fingerprint density at radius 2 is 0.932 bits per heavy atom. The quantitative estimate of drug-likeness (QED) is 0.288. The van der Waals surface area contributed by atoms with E-state index in [0.717, 1.165) is 50.7 Å². The van der Waals surface area contributed by atoms with Crippen molar-refractivity contribution in [3.8, 4) is 0 Å². The second-order valence-electron chi connectivity index (χ2n) is 15.7. The van der Waals surface area contributed by atoms with E-state index in [4.69, 9.17) is 42.1 Å². The van der Waals surface area contributed by atoms with Crippen molar-refractivity contribution in [2.75, 3.05) is 54.6 Å². The largest absolute Gasteiger partial charge is 0.412 e. The molecule has 8 rings (SSSR count). The standard InChI is InChI=1S/2C21H25ClN2O4.3H2O/c2*1-20-12-15(25)11-16(21(20,27-2)28-3)17(19-23-9-4-10-24(19)20)18(26)13-5-7-14(22)8-6-13;;;/h2*5-8,16,23H,4,9-12H2,1-3H3;3*1H2/t2*16-,20-;;;/m11.../s1. The van der Waals surface area contributed by atoms with Gasteiger partial charge >= 0.3 is 0 Å². The van der Waals surface area contributed by atoms with E-state index >= 15 is 0 Å². The summed E-state index contributed by atoms with van der Waals surface area (Å²) in [6, 6.07) is 13.7. The second-order valence-corrected chi connectivity index (χ2v) is 16.6. The van der Waals surface area contributed by atoms with Gasteiger partial charge in [-0.2, -0.15) is 0 Å². The van der Waals surface area contributed by atoms with Gasteiger partial charge in [-0.05, 0) is 75.2 Å². The molecule has 2 saturated carbocycles. The predicted octanol–water partition coefficient (Wildman–Crippen LogP) is 3.07. The fraction of sp³-hybridized carbons (Fsp3) is 0.524. The Labute approximate surface area is 354 Å². The van der Waals surface area contributed by atoms with Crippen molar-refractivity contribution >= 4 is 46.3 Å². The van der Waals surface area contributed by atoms with Crippen LogP contribution < -0.4 is 10.6 Å². The van der Waals surface area contributed by atoms with Crippen LogP contribution in [0.25, 0.3) is 0 Å². The Morgan fingerprint density at radius 1 is 0.610 bits per heavy atom. The fourth-order valence-corrected chi connectivity index (χ4v) is 10.8. The van der Waals surface area contributed by atoms with E-state index < -0.39 is 34.5 Å². The third-order valence-electron chi connectivity index (χ3n) is 12.9. The van der Waals surface area contributed by atoms with Gasteiger partial charge in [0.25, 0.3) is 0 Å². The van der Waals surface area contributed by atoms with Crippen LogP contribution in [0.4, 0.5) is 0 Å². The van der Waals surface area contributed by atoms with Gasteiger partial charge in [0.1, 0.15) is 23.2 Å². The minimum absolute atomic E-state index is 0. The first-order valence-corrected chi connectivity index (χ1v) is 19.9. The van der Waals surface area contributed by atoms with E-state index in [1.165, 1.54) is 0 Å². The van der Waals surface area contributed by atoms with Crippen molar-refractivity contribution in [2.24, 2.45) is 11.8 Å². The number of carbonyl (C=O) groups excluding carboxylic acids is 4. The molecule has 0 unspecified atom stereocenters. The number of carbonyl (C=O) groups is 4. The first-order chi connectivity index (χ1) is 26.8. The van der Waals surface area contributed by atoms with E-state index in [2.05, 4.69) is 20.4 Å². The molecule has 4 aliphatic heterocycles. The van der Waals surface area contributed by atoms with Crippen molar-refractivity contribution < 1.29 is 54.6 Å². The minimum Gasteiger partial charge on any atom is -0.412 e. The normalized spacial score (nSPS) is 27.2. The summed E-state index contributed by atoms with van der Waals surface area (Å²) in [6.07, 6.45) is 2.88. The molecule has 4 bridgehead atoms. The molecule has 0 radical (unpaired) electrons. The maximum atomic E-state index is 13.6. The van der Waals surface area contributed by atoms with Gasteiger partial charge in [-0.3, -0.25) is 19.2 Å². The highest BCUT2D eigenvalue weighted by molar-refractivity contribution is 6.31. The lowest BCUT2D eigenvalue weighted by Crippen LogP contribution is -2.75. The molecule has 8 N–H and O–H groups in total. The van der Waals surface area contributed by atoms with Gasteiger partial charge in [0.2, 0.25) is 0 Å². The van der Waals surface area contributed by atoms with Crippen LogP contribution in [0.1, 0.15) is 73.1 Å². The monoisotopic (exact) mass is 862 g/mol. The second kappa shape index (κ2) is 18.0. The highest BCUT2D eigenvalue weighted by Crippen LogP contribution is 2.56. The van der Waals surface area contributed by atoms with Gasteiger partial charge in [-0.15, -0.1) is 0 Å². The van der Waals surface area contributed by atoms with E-state index in [0.29, 0.717) is 45.2 Å².